The van der Waals surface area contributed by atoms with Crippen molar-refractivity contribution in [1.82, 2.24) is 10.3 Å². The van der Waals surface area contributed by atoms with Crippen LogP contribution in [0.2, 0.25) is 0 Å². The largest absolute Gasteiger partial charge is 0.493 e. The molecule has 4 rings (SSSR count). The summed E-state index contributed by atoms with van der Waals surface area (Å²) in [5.74, 6) is 1.38. The molecule has 0 fully saturated rings. The summed E-state index contributed by atoms with van der Waals surface area (Å²) in [5, 5.41) is 5.64. The molecule has 9 heteroatoms. The van der Waals surface area contributed by atoms with Crippen molar-refractivity contribution in [3.05, 3.63) is 60.6 Å². The predicted octanol–water partition coefficient (Wildman–Crippen LogP) is 4.23. The summed E-state index contributed by atoms with van der Waals surface area (Å²) in [4.78, 5) is 16.5. The highest BCUT2D eigenvalue weighted by Crippen LogP contribution is 2.33. The lowest BCUT2D eigenvalue weighted by molar-refractivity contribution is 0.0950. The molecule has 2 N–H and O–H groups in total. The van der Waals surface area contributed by atoms with E-state index in [1.54, 1.807) is 56.7 Å². The van der Waals surface area contributed by atoms with Crippen LogP contribution in [-0.4, -0.2) is 30.2 Å². The summed E-state index contributed by atoms with van der Waals surface area (Å²) in [6.45, 7) is 0. The van der Waals surface area contributed by atoms with E-state index in [9.17, 15) is 4.79 Å². The van der Waals surface area contributed by atoms with E-state index in [2.05, 4.69) is 15.6 Å². The maximum Gasteiger partial charge on any atom is 0.293 e. The molecule has 0 saturated heterocycles. The molecule has 0 atom stereocenters. The number of methoxy groups -OCH3 is 2. The van der Waals surface area contributed by atoms with Gasteiger partial charge < -0.3 is 23.6 Å². The van der Waals surface area contributed by atoms with E-state index in [1.807, 2.05) is 6.07 Å². The predicted molar refractivity (Wildman–Crippen MR) is 115 cm³/mol. The van der Waals surface area contributed by atoms with Gasteiger partial charge in [-0.2, -0.15) is 0 Å². The molecule has 4 aromatic rings. The monoisotopic (exact) mass is 423 g/mol. The van der Waals surface area contributed by atoms with Crippen LogP contribution in [0.5, 0.6) is 11.5 Å². The number of carbonyl (C=O) groups excluding carboxylic acids is 1. The summed E-state index contributed by atoms with van der Waals surface area (Å²) in [7, 11) is 3.15. The highest BCUT2D eigenvalue weighted by atomic mass is 32.1. The van der Waals surface area contributed by atoms with Gasteiger partial charge in [0, 0.05) is 11.3 Å². The number of fused-ring (bicyclic) bond motifs is 1. The van der Waals surface area contributed by atoms with Crippen LogP contribution in [0.1, 0.15) is 10.6 Å². The maximum absolute atomic E-state index is 12.0. The molecule has 0 aliphatic carbocycles. The van der Waals surface area contributed by atoms with Crippen LogP contribution in [-0.2, 0) is 0 Å². The van der Waals surface area contributed by atoms with Gasteiger partial charge in [-0.05, 0) is 60.7 Å². The third-order valence-electron chi connectivity index (χ3n) is 4.25. The smallest absolute Gasteiger partial charge is 0.293 e. The summed E-state index contributed by atoms with van der Waals surface area (Å²) < 4.78 is 21.5. The molecular weight excluding hydrogens is 406 g/mol. The molecule has 0 spiro atoms. The van der Waals surface area contributed by atoms with E-state index in [4.69, 9.17) is 30.5 Å². The van der Waals surface area contributed by atoms with Crippen molar-refractivity contribution in [1.29, 1.82) is 0 Å². The molecule has 0 radical (unpaired) electrons. The van der Waals surface area contributed by atoms with Crippen LogP contribution in [0.3, 0.4) is 0 Å². The number of nitrogens with one attached hydrogen (secondary N) is 2. The average molecular weight is 423 g/mol. The number of anilines is 1. The molecule has 1 amide bonds. The Hall–Kier alpha value is -3.85. The molecule has 0 aliphatic rings. The summed E-state index contributed by atoms with van der Waals surface area (Å²) >= 11 is 5.19. The molecule has 8 nitrogen and oxygen atoms in total. The highest BCUT2D eigenvalue weighted by molar-refractivity contribution is 7.80. The molecule has 0 unspecified atom stereocenters. The fraction of sp³-hybridized carbons (Fsp3) is 0.0952. The number of carbonyl (C=O) groups is 1. The Balaban J connectivity index is 1.52. The third-order valence-corrected chi connectivity index (χ3v) is 4.45. The minimum Gasteiger partial charge on any atom is -0.493 e. The van der Waals surface area contributed by atoms with Gasteiger partial charge in [-0.1, -0.05) is 0 Å². The number of aromatic nitrogens is 1. The van der Waals surface area contributed by atoms with Gasteiger partial charge in [-0.15, -0.1) is 0 Å². The Labute approximate surface area is 176 Å². The van der Waals surface area contributed by atoms with Crippen LogP contribution in [0, 0.1) is 0 Å². The maximum atomic E-state index is 12.0. The normalized spacial score (nSPS) is 10.6. The Morgan fingerprint density at radius 2 is 1.90 bits per heavy atom. The number of hydrogen-bond acceptors (Lipinski definition) is 7. The third kappa shape index (κ3) is 3.96. The quantitative estimate of drug-likeness (QED) is 0.460. The minimum absolute atomic E-state index is 0.138. The van der Waals surface area contributed by atoms with Gasteiger partial charge in [0.25, 0.3) is 5.91 Å². The van der Waals surface area contributed by atoms with E-state index in [-0.39, 0.29) is 10.9 Å². The first kappa shape index (κ1) is 19.5. The molecule has 152 valence electrons. The van der Waals surface area contributed by atoms with Gasteiger partial charge in [0.05, 0.1) is 20.5 Å². The molecule has 2 aromatic heterocycles. The van der Waals surface area contributed by atoms with E-state index in [0.717, 1.165) is 5.56 Å². The second kappa shape index (κ2) is 8.26. The summed E-state index contributed by atoms with van der Waals surface area (Å²) in [6, 6.07) is 13.9. The van der Waals surface area contributed by atoms with E-state index < -0.39 is 5.91 Å². The van der Waals surface area contributed by atoms with Crippen LogP contribution in [0.4, 0.5) is 5.69 Å². The zero-order chi connectivity index (χ0) is 21.1. The summed E-state index contributed by atoms with van der Waals surface area (Å²) in [6.07, 6.45) is 1.42. The first-order valence-corrected chi connectivity index (χ1v) is 9.27. The topological polar surface area (TPSA) is 98.8 Å². The van der Waals surface area contributed by atoms with Gasteiger partial charge >= 0.3 is 0 Å². The van der Waals surface area contributed by atoms with Gasteiger partial charge in [-0.3, -0.25) is 10.1 Å². The zero-order valence-electron chi connectivity index (χ0n) is 16.1. The van der Waals surface area contributed by atoms with Crippen molar-refractivity contribution in [3.63, 3.8) is 0 Å². The van der Waals surface area contributed by atoms with Crippen molar-refractivity contribution in [2.75, 3.05) is 19.5 Å². The first-order valence-electron chi connectivity index (χ1n) is 8.86. The number of ether oxygens (including phenoxy) is 2. The number of rotatable bonds is 5. The number of hydrogen-bond donors (Lipinski definition) is 2. The number of oxazole rings is 1. The Morgan fingerprint density at radius 1 is 1.07 bits per heavy atom. The lowest BCUT2D eigenvalue weighted by Crippen LogP contribution is -2.33. The SMILES string of the molecule is COc1ccc(-c2nc3cc(NC(=S)NC(=O)c4ccco4)ccc3o2)cc1OC. The average Bonchev–Trinajstić information content (AvgIpc) is 3.43. The molecule has 2 aromatic carbocycles. The molecular formula is C21H17N3O5S. The fourth-order valence-electron chi connectivity index (χ4n) is 2.83. The van der Waals surface area contributed by atoms with Crippen molar-refractivity contribution < 1.29 is 23.1 Å². The van der Waals surface area contributed by atoms with Gasteiger partial charge in [-0.25, -0.2) is 4.98 Å². The van der Waals surface area contributed by atoms with Crippen LogP contribution in [0.15, 0.2) is 63.6 Å². The summed E-state index contributed by atoms with van der Waals surface area (Å²) in [5.41, 5.74) is 2.64. The number of furan rings is 1. The van der Waals surface area contributed by atoms with Gasteiger partial charge in [0.2, 0.25) is 5.89 Å². The zero-order valence-corrected chi connectivity index (χ0v) is 16.9. The first-order chi connectivity index (χ1) is 14.6. The number of benzene rings is 2. The lowest BCUT2D eigenvalue weighted by atomic mass is 10.2. The van der Waals surface area contributed by atoms with Crippen LogP contribution < -0.4 is 20.1 Å². The van der Waals surface area contributed by atoms with E-state index in [1.165, 1.54) is 6.26 Å². The van der Waals surface area contributed by atoms with Crippen molar-refractivity contribution in [2.45, 2.75) is 0 Å². The molecule has 2 heterocycles. The Bertz CT molecular complexity index is 1220. The molecule has 0 aliphatic heterocycles. The van der Waals surface area contributed by atoms with Gasteiger partial charge in [0.15, 0.2) is 28.0 Å². The van der Waals surface area contributed by atoms with Crippen molar-refractivity contribution in [2.24, 2.45) is 0 Å². The van der Waals surface area contributed by atoms with E-state index >= 15 is 0 Å². The lowest BCUT2D eigenvalue weighted by Gasteiger charge is -2.08. The van der Waals surface area contributed by atoms with E-state index in [0.29, 0.717) is 34.2 Å². The standard InChI is InChI=1S/C21H17N3O5S/c1-26-16-7-5-12(10-18(16)27-2)20-23-14-11-13(6-8-15(14)29-20)22-21(30)24-19(25)17-4-3-9-28-17/h3-11H,1-2H3,(H2,22,24,25,30). The molecule has 0 bridgehead atoms. The minimum atomic E-state index is -0.434. The second-order valence-electron chi connectivity index (χ2n) is 6.16. The van der Waals surface area contributed by atoms with Crippen molar-refractivity contribution in [3.8, 4) is 23.0 Å². The highest BCUT2D eigenvalue weighted by Gasteiger charge is 2.14. The Morgan fingerprint density at radius 3 is 2.63 bits per heavy atom. The fourth-order valence-corrected chi connectivity index (χ4v) is 3.04. The Kier molecular flexibility index (Phi) is 5.36. The number of thiocarbonyl (C=S) groups is 1. The van der Waals surface area contributed by atoms with Crippen LogP contribution in [0.25, 0.3) is 22.6 Å². The van der Waals surface area contributed by atoms with Crippen LogP contribution >= 0.6 is 12.2 Å². The number of nitrogens with zero attached hydrogens (tertiary/aromatic N) is 1. The number of amides is 1. The molecule has 0 saturated carbocycles. The van der Waals surface area contributed by atoms with Gasteiger partial charge in [0.1, 0.15) is 5.52 Å². The second-order valence-corrected chi connectivity index (χ2v) is 6.57. The molecule has 30 heavy (non-hydrogen) atoms. The van der Waals surface area contributed by atoms with Crippen molar-refractivity contribution >= 4 is 40.0 Å².